The van der Waals surface area contributed by atoms with Gasteiger partial charge in [-0.3, -0.25) is 0 Å². The molecular weight excluding hydrogens is 314 g/mol. The van der Waals surface area contributed by atoms with E-state index in [0.29, 0.717) is 12.1 Å². The third-order valence-corrected chi connectivity index (χ3v) is 5.26. The summed E-state index contributed by atoms with van der Waals surface area (Å²) in [5, 5.41) is 1.11. The molecule has 0 unspecified atom stereocenters. The Labute approximate surface area is 146 Å². The largest absolute Gasteiger partial charge is 0.356 e. The zero-order chi connectivity index (χ0) is 16.6. The van der Waals surface area contributed by atoms with Gasteiger partial charge in [-0.15, -0.1) is 0 Å². The van der Waals surface area contributed by atoms with Crippen molar-refractivity contribution in [3.05, 3.63) is 37.2 Å². The van der Waals surface area contributed by atoms with E-state index in [9.17, 15) is 0 Å². The Morgan fingerprint density at radius 1 is 0.960 bits per heavy atom. The highest BCUT2D eigenvalue weighted by atomic mass is 15.3. The summed E-state index contributed by atoms with van der Waals surface area (Å²) in [6.45, 7) is 2.02. The number of anilines is 2. The lowest BCUT2D eigenvalue weighted by molar-refractivity contribution is 0.458. The van der Waals surface area contributed by atoms with E-state index in [1.54, 1.807) is 12.7 Å². The zero-order valence-electron chi connectivity index (χ0n) is 14.0. The Hall–Kier alpha value is -2.70. The Kier molecular flexibility index (Phi) is 3.50. The summed E-state index contributed by atoms with van der Waals surface area (Å²) in [4.78, 5) is 25.5. The molecule has 3 aromatic heterocycles. The van der Waals surface area contributed by atoms with Gasteiger partial charge >= 0.3 is 0 Å². The minimum atomic E-state index is 0.544. The first kappa shape index (κ1) is 14.6. The van der Waals surface area contributed by atoms with Gasteiger partial charge in [-0.2, -0.15) is 0 Å². The molecule has 1 N–H and O–H groups in total. The van der Waals surface area contributed by atoms with Gasteiger partial charge in [0.05, 0.1) is 5.39 Å². The molecule has 2 aliphatic rings. The third-order valence-electron chi connectivity index (χ3n) is 5.26. The van der Waals surface area contributed by atoms with Gasteiger partial charge in [0.1, 0.15) is 29.9 Å². The molecule has 0 aromatic carbocycles. The molecule has 7 heteroatoms. The maximum Gasteiger partial charge on any atom is 0.142 e. The van der Waals surface area contributed by atoms with E-state index in [-0.39, 0.29) is 0 Å². The average molecular weight is 335 g/mol. The van der Waals surface area contributed by atoms with E-state index in [0.717, 1.165) is 48.6 Å². The second-order valence-electron chi connectivity index (χ2n) is 6.86. The molecule has 3 aromatic rings. The quantitative estimate of drug-likeness (QED) is 0.789. The Morgan fingerprint density at radius 3 is 2.56 bits per heavy atom. The molecule has 0 bridgehead atoms. The second-order valence-corrected chi connectivity index (χ2v) is 6.86. The van der Waals surface area contributed by atoms with Crippen LogP contribution in [0.1, 0.15) is 25.7 Å². The summed E-state index contributed by atoms with van der Waals surface area (Å²) in [5.74, 6) is 2.12. The molecule has 0 spiro atoms. The number of nitrogens with one attached hydrogen (secondary N) is 1. The van der Waals surface area contributed by atoms with Crippen LogP contribution < -0.4 is 9.80 Å². The predicted octanol–water partition coefficient (Wildman–Crippen LogP) is 2.39. The van der Waals surface area contributed by atoms with Crippen molar-refractivity contribution in [2.24, 2.45) is 0 Å². The van der Waals surface area contributed by atoms with Crippen LogP contribution in [0, 0.1) is 0 Å². The van der Waals surface area contributed by atoms with Gasteiger partial charge in [-0.05, 0) is 37.8 Å². The third kappa shape index (κ3) is 2.69. The first-order valence-electron chi connectivity index (χ1n) is 8.97. The lowest BCUT2D eigenvalue weighted by Gasteiger charge is -2.39. The minimum Gasteiger partial charge on any atom is -0.356 e. The van der Waals surface area contributed by atoms with E-state index < -0.39 is 0 Å². The fourth-order valence-corrected chi connectivity index (χ4v) is 3.93. The van der Waals surface area contributed by atoms with E-state index in [1.165, 1.54) is 12.8 Å². The molecule has 128 valence electrons. The van der Waals surface area contributed by atoms with Crippen molar-refractivity contribution in [1.82, 2.24) is 24.9 Å². The number of hydrogen-bond donors (Lipinski definition) is 1. The Morgan fingerprint density at radius 2 is 1.80 bits per heavy atom. The number of nitrogens with zero attached hydrogens (tertiary/aromatic N) is 6. The van der Waals surface area contributed by atoms with Crippen LogP contribution in [0.2, 0.25) is 0 Å². The fourth-order valence-electron chi connectivity index (χ4n) is 3.93. The number of hydrogen-bond acceptors (Lipinski definition) is 6. The van der Waals surface area contributed by atoms with Gasteiger partial charge in [-0.1, -0.05) is 0 Å². The molecule has 1 saturated carbocycles. The van der Waals surface area contributed by atoms with Crippen molar-refractivity contribution < 1.29 is 0 Å². The molecule has 4 heterocycles. The van der Waals surface area contributed by atoms with Crippen LogP contribution in [0.15, 0.2) is 37.2 Å². The van der Waals surface area contributed by atoms with E-state index in [2.05, 4.69) is 40.8 Å². The summed E-state index contributed by atoms with van der Waals surface area (Å²) < 4.78 is 0. The van der Waals surface area contributed by atoms with Crippen molar-refractivity contribution in [2.45, 2.75) is 37.8 Å². The van der Waals surface area contributed by atoms with Crippen LogP contribution in [0.4, 0.5) is 11.6 Å². The van der Waals surface area contributed by atoms with Crippen LogP contribution in [-0.2, 0) is 0 Å². The molecule has 0 amide bonds. The van der Waals surface area contributed by atoms with Gasteiger partial charge < -0.3 is 14.8 Å². The smallest absolute Gasteiger partial charge is 0.142 e. The SMILES string of the molecule is c1cc(N(C2CC2)C2CCN(c3ncnc4[nH]ccc34)CC2)ncn1. The topological polar surface area (TPSA) is 73.8 Å². The zero-order valence-corrected chi connectivity index (χ0v) is 14.0. The maximum absolute atomic E-state index is 4.54. The van der Waals surface area contributed by atoms with E-state index >= 15 is 0 Å². The fraction of sp³-hybridized carbons (Fsp3) is 0.444. The molecule has 0 radical (unpaired) electrons. The normalized spacial score (nSPS) is 18.6. The highest BCUT2D eigenvalue weighted by Gasteiger charge is 2.36. The van der Waals surface area contributed by atoms with Crippen molar-refractivity contribution in [1.29, 1.82) is 0 Å². The maximum atomic E-state index is 4.54. The summed E-state index contributed by atoms with van der Waals surface area (Å²) in [6, 6.07) is 5.30. The van der Waals surface area contributed by atoms with Crippen molar-refractivity contribution in [3.63, 3.8) is 0 Å². The summed E-state index contributed by atoms with van der Waals surface area (Å²) >= 11 is 0. The molecule has 7 nitrogen and oxygen atoms in total. The molecule has 25 heavy (non-hydrogen) atoms. The molecule has 1 aliphatic heterocycles. The summed E-state index contributed by atoms with van der Waals surface area (Å²) in [7, 11) is 0. The number of fused-ring (bicyclic) bond motifs is 1. The van der Waals surface area contributed by atoms with Crippen LogP contribution in [0.5, 0.6) is 0 Å². The molecule has 1 saturated heterocycles. The van der Waals surface area contributed by atoms with Crippen LogP contribution in [-0.4, -0.2) is 50.1 Å². The van der Waals surface area contributed by atoms with E-state index in [1.807, 2.05) is 18.5 Å². The molecule has 0 atom stereocenters. The molecule has 2 fully saturated rings. The van der Waals surface area contributed by atoms with Crippen LogP contribution >= 0.6 is 0 Å². The van der Waals surface area contributed by atoms with Gasteiger partial charge in [-0.25, -0.2) is 19.9 Å². The number of rotatable bonds is 4. The number of aromatic nitrogens is 5. The van der Waals surface area contributed by atoms with Crippen LogP contribution in [0.25, 0.3) is 11.0 Å². The van der Waals surface area contributed by atoms with E-state index in [4.69, 9.17) is 0 Å². The highest BCUT2D eigenvalue weighted by molar-refractivity contribution is 5.87. The van der Waals surface area contributed by atoms with Crippen molar-refractivity contribution >= 4 is 22.7 Å². The Bertz CT molecular complexity index is 850. The van der Waals surface area contributed by atoms with Gasteiger partial charge in [0.15, 0.2) is 0 Å². The van der Waals surface area contributed by atoms with Crippen LogP contribution in [0.3, 0.4) is 0 Å². The monoisotopic (exact) mass is 335 g/mol. The summed E-state index contributed by atoms with van der Waals surface area (Å²) in [6.07, 6.45) is 11.9. The van der Waals surface area contributed by atoms with Crippen molar-refractivity contribution in [2.75, 3.05) is 22.9 Å². The number of H-pyrrole nitrogens is 1. The average Bonchev–Trinajstić information content (AvgIpc) is 3.38. The molecular formula is C18H21N7. The Balaban J connectivity index is 1.35. The van der Waals surface area contributed by atoms with Gasteiger partial charge in [0.2, 0.25) is 0 Å². The van der Waals surface area contributed by atoms with Gasteiger partial charge in [0.25, 0.3) is 0 Å². The highest BCUT2D eigenvalue weighted by Crippen LogP contribution is 2.36. The number of aromatic amines is 1. The lowest BCUT2D eigenvalue weighted by atomic mass is 10.0. The second kappa shape index (κ2) is 5.98. The predicted molar refractivity (Wildman–Crippen MR) is 96.7 cm³/mol. The van der Waals surface area contributed by atoms with Crippen molar-refractivity contribution in [3.8, 4) is 0 Å². The summed E-state index contributed by atoms with van der Waals surface area (Å²) in [5.41, 5.74) is 0.910. The number of piperidine rings is 1. The standard InChI is InChI=1S/C18H21N7/c1-2-13(1)25(16-4-7-19-11-21-16)14-5-9-24(10-6-14)18-15-3-8-20-17(15)22-12-23-18/h3-4,7-8,11-14H,1-2,5-6,9-10H2,(H,20,22,23). The molecule has 5 rings (SSSR count). The first-order valence-corrected chi connectivity index (χ1v) is 8.97. The minimum absolute atomic E-state index is 0.544. The van der Waals surface area contributed by atoms with Gasteiger partial charge in [0, 0.05) is 37.6 Å². The molecule has 1 aliphatic carbocycles. The lowest BCUT2D eigenvalue weighted by Crippen LogP contribution is -2.46. The first-order chi connectivity index (χ1) is 12.4.